The molecule has 16 heavy (non-hydrogen) atoms. The van der Waals surface area contributed by atoms with E-state index in [-0.39, 0.29) is 11.5 Å². The van der Waals surface area contributed by atoms with Crippen LogP contribution in [-0.2, 0) is 0 Å². The van der Waals surface area contributed by atoms with Crippen molar-refractivity contribution in [3.8, 4) is 11.5 Å². The second-order valence-corrected chi connectivity index (χ2v) is 3.10. The normalized spacial score (nSPS) is 9.75. The van der Waals surface area contributed by atoms with Crippen molar-refractivity contribution in [1.82, 2.24) is 4.98 Å². The molecule has 0 amide bonds. The number of hydrogen-bond donors (Lipinski definition) is 1. The zero-order valence-corrected chi connectivity index (χ0v) is 8.33. The maximum absolute atomic E-state index is 11.6. The van der Waals surface area contributed by atoms with Gasteiger partial charge in [-0.3, -0.25) is 4.98 Å². The quantitative estimate of drug-likeness (QED) is 0.615. The van der Waals surface area contributed by atoms with Gasteiger partial charge in [0.05, 0.1) is 5.56 Å². The summed E-state index contributed by atoms with van der Waals surface area (Å²) in [6.45, 7) is 0. The van der Waals surface area contributed by atoms with E-state index in [1.54, 1.807) is 30.5 Å². The first-order valence-electron chi connectivity index (χ1n) is 4.67. The lowest BCUT2D eigenvalue weighted by Crippen LogP contribution is -2.08. The minimum absolute atomic E-state index is 0.0697. The number of carbonyl (C=O) groups excluding carboxylic acids is 1. The number of pyridine rings is 1. The molecule has 0 aliphatic rings. The molecule has 0 aliphatic carbocycles. The van der Waals surface area contributed by atoms with E-state index in [1.165, 1.54) is 18.3 Å². The van der Waals surface area contributed by atoms with Crippen LogP contribution in [0, 0.1) is 0 Å². The number of aromatic nitrogens is 1. The van der Waals surface area contributed by atoms with Gasteiger partial charge < -0.3 is 9.84 Å². The van der Waals surface area contributed by atoms with Gasteiger partial charge in [-0.05, 0) is 24.3 Å². The molecule has 1 aromatic heterocycles. The highest BCUT2D eigenvalue weighted by Crippen LogP contribution is 2.25. The predicted molar refractivity (Wildman–Crippen MR) is 57.3 cm³/mol. The van der Waals surface area contributed by atoms with Gasteiger partial charge in [-0.15, -0.1) is 0 Å². The Morgan fingerprint density at radius 2 is 2.00 bits per heavy atom. The molecule has 2 aromatic rings. The molecule has 1 aromatic carbocycles. The first kappa shape index (κ1) is 10.2. The Labute approximate surface area is 92.1 Å². The molecule has 0 spiro atoms. The molecule has 0 saturated heterocycles. The fraction of sp³-hybridized carbons (Fsp3) is 0. The van der Waals surface area contributed by atoms with Gasteiger partial charge in [-0.25, -0.2) is 4.79 Å². The fourth-order valence-electron chi connectivity index (χ4n) is 1.19. The predicted octanol–water partition coefficient (Wildman–Crippen LogP) is 2.01. The number of para-hydroxylation sites is 2. The molecular weight excluding hydrogens is 206 g/mol. The number of phenolic OH excluding ortho intramolecular Hbond substituents is 1. The van der Waals surface area contributed by atoms with Crippen LogP contribution in [0.2, 0.25) is 0 Å². The van der Waals surface area contributed by atoms with Crippen molar-refractivity contribution in [3.05, 3.63) is 54.4 Å². The molecule has 80 valence electrons. The summed E-state index contributed by atoms with van der Waals surface area (Å²) in [5.41, 5.74) is 0.339. The summed E-state index contributed by atoms with van der Waals surface area (Å²) in [6.07, 6.45) is 2.97. The Balaban J connectivity index is 2.18. The lowest BCUT2D eigenvalue weighted by molar-refractivity contribution is 0.0729. The first-order valence-corrected chi connectivity index (χ1v) is 4.67. The van der Waals surface area contributed by atoms with Crippen LogP contribution in [-0.4, -0.2) is 16.1 Å². The number of ether oxygens (including phenoxy) is 1. The van der Waals surface area contributed by atoms with Gasteiger partial charge in [0.1, 0.15) is 0 Å². The van der Waals surface area contributed by atoms with Crippen LogP contribution < -0.4 is 4.74 Å². The van der Waals surface area contributed by atoms with Crippen LogP contribution in [0.1, 0.15) is 10.4 Å². The molecule has 1 heterocycles. The standard InChI is InChI=1S/C12H9NO3/c14-10-5-1-2-6-11(10)16-12(15)9-4-3-7-13-8-9/h1-8,14H. The van der Waals surface area contributed by atoms with Crippen LogP contribution in [0.5, 0.6) is 11.5 Å². The molecular formula is C12H9NO3. The Morgan fingerprint density at radius 3 is 2.69 bits per heavy atom. The maximum Gasteiger partial charge on any atom is 0.345 e. The Bertz CT molecular complexity index is 497. The number of rotatable bonds is 2. The van der Waals surface area contributed by atoms with Gasteiger partial charge in [0.25, 0.3) is 0 Å². The third kappa shape index (κ3) is 2.17. The highest BCUT2D eigenvalue weighted by atomic mass is 16.5. The van der Waals surface area contributed by atoms with Crippen molar-refractivity contribution < 1.29 is 14.6 Å². The summed E-state index contributed by atoms with van der Waals surface area (Å²) in [5.74, 6) is -0.481. The minimum atomic E-state index is -0.547. The maximum atomic E-state index is 11.6. The largest absolute Gasteiger partial charge is 0.504 e. The van der Waals surface area contributed by atoms with Crippen molar-refractivity contribution in [3.63, 3.8) is 0 Å². The summed E-state index contributed by atoms with van der Waals surface area (Å²) >= 11 is 0. The number of carbonyl (C=O) groups is 1. The van der Waals surface area contributed by atoms with Gasteiger partial charge in [-0.2, -0.15) is 0 Å². The smallest absolute Gasteiger partial charge is 0.345 e. The van der Waals surface area contributed by atoms with Gasteiger partial charge in [0, 0.05) is 12.4 Å². The number of nitrogens with zero attached hydrogens (tertiary/aromatic N) is 1. The average Bonchev–Trinajstić information content (AvgIpc) is 2.33. The van der Waals surface area contributed by atoms with Crippen LogP contribution in [0.25, 0.3) is 0 Å². The molecule has 2 rings (SSSR count). The zero-order chi connectivity index (χ0) is 11.4. The minimum Gasteiger partial charge on any atom is -0.504 e. The van der Waals surface area contributed by atoms with Crippen molar-refractivity contribution >= 4 is 5.97 Å². The second-order valence-electron chi connectivity index (χ2n) is 3.10. The highest BCUT2D eigenvalue weighted by molar-refractivity contribution is 5.90. The van der Waals surface area contributed by atoms with Crippen molar-refractivity contribution in [1.29, 1.82) is 0 Å². The third-order valence-electron chi connectivity index (χ3n) is 1.97. The summed E-state index contributed by atoms with van der Waals surface area (Å²) < 4.78 is 5.00. The Morgan fingerprint density at radius 1 is 1.19 bits per heavy atom. The molecule has 0 fully saturated rings. The van der Waals surface area contributed by atoms with E-state index in [0.717, 1.165) is 0 Å². The Kier molecular flexibility index (Phi) is 2.82. The van der Waals surface area contributed by atoms with E-state index in [4.69, 9.17) is 4.74 Å². The highest BCUT2D eigenvalue weighted by Gasteiger charge is 2.10. The molecule has 4 nitrogen and oxygen atoms in total. The van der Waals surface area contributed by atoms with E-state index < -0.39 is 5.97 Å². The van der Waals surface area contributed by atoms with Crippen LogP contribution in [0.15, 0.2) is 48.8 Å². The molecule has 0 bridgehead atoms. The zero-order valence-electron chi connectivity index (χ0n) is 8.33. The molecule has 0 saturated carbocycles. The number of hydrogen-bond acceptors (Lipinski definition) is 4. The van der Waals surface area contributed by atoms with Gasteiger partial charge in [-0.1, -0.05) is 12.1 Å². The molecule has 0 atom stereocenters. The molecule has 0 radical (unpaired) electrons. The van der Waals surface area contributed by atoms with E-state index in [9.17, 15) is 9.90 Å². The van der Waals surface area contributed by atoms with E-state index in [2.05, 4.69) is 4.98 Å². The van der Waals surface area contributed by atoms with Gasteiger partial charge >= 0.3 is 5.97 Å². The summed E-state index contributed by atoms with van der Waals surface area (Å²) in [7, 11) is 0. The monoisotopic (exact) mass is 215 g/mol. The number of phenols is 1. The Hall–Kier alpha value is -2.36. The first-order chi connectivity index (χ1) is 7.77. The van der Waals surface area contributed by atoms with E-state index in [0.29, 0.717) is 5.56 Å². The lowest BCUT2D eigenvalue weighted by Gasteiger charge is -2.05. The van der Waals surface area contributed by atoms with E-state index in [1.807, 2.05) is 0 Å². The average molecular weight is 215 g/mol. The second kappa shape index (κ2) is 4.44. The number of benzene rings is 1. The van der Waals surface area contributed by atoms with Crippen LogP contribution in [0.4, 0.5) is 0 Å². The molecule has 1 N–H and O–H groups in total. The summed E-state index contributed by atoms with van der Waals surface area (Å²) in [5, 5.41) is 9.41. The summed E-state index contributed by atoms with van der Waals surface area (Å²) in [6, 6.07) is 9.52. The van der Waals surface area contributed by atoms with Crippen molar-refractivity contribution in [2.45, 2.75) is 0 Å². The van der Waals surface area contributed by atoms with E-state index >= 15 is 0 Å². The SMILES string of the molecule is O=C(Oc1ccccc1O)c1cccnc1. The van der Waals surface area contributed by atoms with Crippen LogP contribution >= 0.6 is 0 Å². The number of esters is 1. The lowest BCUT2D eigenvalue weighted by atomic mass is 10.3. The molecule has 0 unspecified atom stereocenters. The third-order valence-corrected chi connectivity index (χ3v) is 1.97. The fourth-order valence-corrected chi connectivity index (χ4v) is 1.19. The topological polar surface area (TPSA) is 59.4 Å². The van der Waals surface area contributed by atoms with Gasteiger partial charge in [0.2, 0.25) is 0 Å². The molecule has 0 aliphatic heterocycles. The van der Waals surface area contributed by atoms with Crippen molar-refractivity contribution in [2.24, 2.45) is 0 Å². The number of aromatic hydroxyl groups is 1. The van der Waals surface area contributed by atoms with Crippen molar-refractivity contribution in [2.75, 3.05) is 0 Å². The molecule has 4 heteroatoms. The van der Waals surface area contributed by atoms with Gasteiger partial charge in [0.15, 0.2) is 11.5 Å². The van der Waals surface area contributed by atoms with Crippen LogP contribution in [0.3, 0.4) is 0 Å². The summed E-state index contributed by atoms with van der Waals surface area (Å²) in [4.78, 5) is 15.4.